The zero-order valence-electron chi connectivity index (χ0n) is 9.96. The second kappa shape index (κ2) is 4.97. The van der Waals surface area contributed by atoms with E-state index < -0.39 is 0 Å². The number of allylic oxidation sites excluding steroid dienone is 2. The summed E-state index contributed by atoms with van der Waals surface area (Å²) in [6, 6.07) is 0. The Balaban J connectivity index is 2.27. The van der Waals surface area contributed by atoms with E-state index in [-0.39, 0.29) is 6.10 Å². The van der Waals surface area contributed by atoms with Crippen LogP contribution in [0.5, 0.6) is 0 Å². The standard InChI is InChI=1S/C13H24O/c1-9-5-7-13(11(9)3)8-6-10(2)12(4)14/h5,10-14H,6-8H2,1-4H3. The van der Waals surface area contributed by atoms with Gasteiger partial charge in [0.25, 0.3) is 0 Å². The first-order chi connectivity index (χ1) is 6.52. The molecule has 0 bridgehead atoms. The van der Waals surface area contributed by atoms with Crippen molar-refractivity contribution < 1.29 is 5.11 Å². The molecule has 0 saturated heterocycles. The molecule has 1 N–H and O–H groups in total. The number of aliphatic hydroxyl groups is 1. The summed E-state index contributed by atoms with van der Waals surface area (Å²) in [6.07, 6.45) is 5.90. The van der Waals surface area contributed by atoms with Crippen molar-refractivity contribution in [2.45, 2.75) is 53.1 Å². The minimum absolute atomic E-state index is 0.152. The maximum Gasteiger partial charge on any atom is 0.0537 e. The summed E-state index contributed by atoms with van der Waals surface area (Å²) in [5.41, 5.74) is 1.56. The Bertz CT molecular complexity index is 205. The highest BCUT2D eigenvalue weighted by atomic mass is 16.3. The molecule has 0 aromatic rings. The topological polar surface area (TPSA) is 20.2 Å². The van der Waals surface area contributed by atoms with Crippen LogP contribution in [0.3, 0.4) is 0 Å². The van der Waals surface area contributed by atoms with Crippen molar-refractivity contribution in [3.8, 4) is 0 Å². The lowest BCUT2D eigenvalue weighted by atomic mass is 9.86. The van der Waals surface area contributed by atoms with Crippen LogP contribution in [0.15, 0.2) is 11.6 Å². The largest absolute Gasteiger partial charge is 0.393 e. The number of aliphatic hydroxyl groups excluding tert-OH is 1. The molecule has 0 radical (unpaired) electrons. The molecule has 1 heteroatoms. The van der Waals surface area contributed by atoms with Crippen molar-refractivity contribution in [1.29, 1.82) is 0 Å². The minimum atomic E-state index is -0.152. The molecule has 0 amide bonds. The van der Waals surface area contributed by atoms with Crippen molar-refractivity contribution in [2.75, 3.05) is 0 Å². The van der Waals surface area contributed by atoms with Crippen LogP contribution in [-0.4, -0.2) is 11.2 Å². The lowest BCUT2D eigenvalue weighted by molar-refractivity contribution is 0.124. The Hall–Kier alpha value is -0.300. The van der Waals surface area contributed by atoms with Crippen molar-refractivity contribution in [3.05, 3.63) is 11.6 Å². The van der Waals surface area contributed by atoms with Gasteiger partial charge in [-0.25, -0.2) is 0 Å². The van der Waals surface area contributed by atoms with E-state index in [1.54, 1.807) is 5.57 Å². The van der Waals surface area contributed by atoms with E-state index in [1.165, 1.54) is 12.8 Å². The van der Waals surface area contributed by atoms with Crippen LogP contribution < -0.4 is 0 Å². The predicted octanol–water partition coefficient (Wildman–Crippen LogP) is 3.39. The van der Waals surface area contributed by atoms with Crippen LogP contribution >= 0.6 is 0 Å². The number of hydrogen-bond donors (Lipinski definition) is 1. The predicted molar refractivity (Wildman–Crippen MR) is 61.1 cm³/mol. The second-order valence-corrected chi connectivity index (χ2v) is 5.03. The van der Waals surface area contributed by atoms with Crippen LogP contribution in [0.1, 0.15) is 47.0 Å². The summed E-state index contributed by atoms with van der Waals surface area (Å²) in [6.45, 7) is 8.61. The average Bonchev–Trinajstić information content (AvgIpc) is 2.44. The van der Waals surface area contributed by atoms with Gasteiger partial charge in [0.2, 0.25) is 0 Å². The van der Waals surface area contributed by atoms with Gasteiger partial charge in [-0.2, -0.15) is 0 Å². The highest BCUT2D eigenvalue weighted by Gasteiger charge is 2.23. The third-order valence-corrected chi connectivity index (χ3v) is 3.98. The Labute approximate surface area is 88.2 Å². The summed E-state index contributed by atoms with van der Waals surface area (Å²) in [7, 11) is 0. The molecular formula is C13H24O. The molecule has 1 aliphatic carbocycles. The van der Waals surface area contributed by atoms with Crippen LogP contribution in [-0.2, 0) is 0 Å². The molecule has 1 nitrogen and oxygen atoms in total. The molecule has 82 valence electrons. The first-order valence-electron chi connectivity index (χ1n) is 5.87. The fraction of sp³-hybridized carbons (Fsp3) is 0.846. The van der Waals surface area contributed by atoms with Gasteiger partial charge >= 0.3 is 0 Å². The zero-order valence-corrected chi connectivity index (χ0v) is 9.96. The molecule has 0 spiro atoms. The molecule has 0 heterocycles. The van der Waals surface area contributed by atoms with Crippen molar-refractivity contribution in [1.82, 2.24) is 0 Å². The Kier molecular flexibility index (Phi) is 4.18. The van der Waals surface area contributed by atoms with Crippen molar-refractivity contribution in [3.63, 3.8) is 0 Å². The van der Waals surface area contributed by atoms with E-state index in [9.17, 15) is 5.11 Å². The number of rotatable bonds is 4. The van der Waals surface area contributed by atoms with Gasteiger partial charge in [0.15, 0.2) is 0 Å². The third-order valence-electron chi connectivity index (χ3n) is 3.98. The van der Waals surface area contributed by atoms with Gasteiger partial charge in [-0.15, -0.1) is 0 Å². The maximum absolute atomic E-state index is 9.40. The van der Waals surface area contributed by atoms with E-state index in [0.29, 0.717) is 5.92 Å². The molecule has 0 saturated carbocycles. The quantitative estimate of drug-likeness (QED) is 0.683. The summed E-state index contributed by atoms with van der Waals surface area (Å²) in [5, 5.41) is 9.40. The first-order valence-corrected chi connectivity index (χ1v) is 5.87. The van der Waals surface area contributed by atoms with Gasteiger partial charge < -0.3 is 5.11 Å². The molecule has 14 heavy (non-hydrogen) atoms. The Morgan fingerprint density at radius 3 is 2.57 bits per heavy atom. The average molecular weight is 196 g/mol. The first kappa shape index (κ1) is 11.8. The van der Waals surface area contributed by atoms with Gasteiger partial charge in [-0.3, -0.25) is 0 Å². The van der Waals surface area contributed by atoms with Crippen molar-refractivity contribution >= 4 is 0 Å². The van der Waals surface area contributed by atoms with E-state index in [1.807, 2.05) is 6.92 Å². The summed E-state index contributed by atoms with van der Waals surface area (Å²) in [4.78, 5) is 0. The Morgan fingerprint density at radius 2 is 2.14 bits per heavy atom. The van der Waals surface area contributed by atoms with Crippen LogP contribution in [0.2, 0.25) is 0 Å². The summed E-state index contributed by atoms with van der Waals surface area (Å²) in [5.74, 6) is 2.04. The molecule has 4 unspecified atom stereocenters. The normalized spacial score (nSPS) is 31.4. The molecule has 1 rings (SSSR count). The van der Waals surface area contributed by atoms with E-state index in [4.69, 9.17) is 0 Å². The van der Waals surface area contributed by atoms with Crippen LogP contribution in [0.4, 0.5) is 0 Å². The van der Waals surface area contributed by atoms with Gasteiger partial charge in [0.05, 0.1) is 6.10 Å². The van der Waals surface area contributed by atoms with E-state index in [0.717, 1.165) is 18.3 Å². The molecule has 0 aliphatic heterocycles. The lowest BCUT2D eigenvalue weighted by Crippen LogP contribution is -2.15. The fourth-order valence-electron chi connectivity index (χ4n) is 2.19. The number of hydrogen-bond acceptors (Lipinski definition) is 1. The van der Waals surface area contributed by atoms with E-state index in [2.05, 4.69) is 26.8 Å². The molecule has 0 aromatic carbocycles. The second-order valence-electron chi connectivity index (χ2n) is 5.03. The van der Waals surface area contributed by atoms with Gasteiger partial charge in [0.1, 0.15) is 0 Å². The fourth-order valence-corrected chi connectivity index (χ4v) is 2.19. The van der Waals surface area contributed by atoms with E-state index >= 15 is 0 Å². The molecular weight excluding hydrogens is 172 g/mol. The SMILES string of the molecule is CC1=CCC(CCC(C)C(C)O)C1C. The Morgan fingerprint density at radius 1 is 1.50 bits per heavy atom. The highest BCUT2D eigenvalue weighted by molar-refractivity contribution is 5.11. The monoisotopic (exact) mass is 196 g/mol. The maximum atomic E-state index is 9.40. The van der Waals surface area contributed by atoms with Gasteiger partial charge in [0, 0.05) is 0 Å². The molecule has 0 aromatic heterocycles. The molecule has 0 fully saturated rings. The van der Waals surface area contributed by atoms with Crippen LogP contribution in [0, 0.1) is 17.8 Å². The van der Waals surface area contributed by atoms with Gasteiger partial charge in [-0.05, 0) is 50.9 Å². The zero-order chi connectivity index (χ0) is 10.7. The third kappa shape index (κ3) is 2.84. The molecule has 4 atom stereocenters. The smallest absolute Gasteiger partial charge is 0.0537 e. The van der Waals surface area contributed by atoms with Crippen molar-refractivity contribution in [2.24, 2.45) is 17.8 Å². The minimum Gasteiger partial charge on any atom is -0.393 e. The lowest BCUT2D eigenvalue weighted by Gasteiger charge is -2.21. The highest BCUT2D eigenvalue weighted by Crippen LogP contribution is 2.35. The van der Waals surface area contributed by atoms with Gasteiger partial charge in [-0.1, -0.05) is 25.5 Å². The van der Waals surface area contributed by atoms with Crippen LogP contribution in [0.25, 0.3) is 0 Å². The summed E-state index contributed by atoms with van der Waals surface area (Å²) < 4.78 is 0. The molecule has 1 aliphatic rings. The summed E-state index contributed by atoms with van der Waals surface area (Å²) >= 11 is 0.